The average Bonchev–Trinajstić information content (AvgIpc) is 2.57. The Balaban J connectivity index is 0.000000306. The number of nitrogens with zero attached hydrogens (tertiary/aromatic N) is 2. The van der Waals surface area contributed by atoms with E-state index in [4.69, 9.17) is 30.3 Å². The first kappa shape index (κ1) is 18.4. The van der Waals surface area contributed by atoms with Gasteiger partial charge in [-0.15, -0.1) is 0 Å². The summed E-state index contributed by atoms with van der Waals surface area (Å²) in [6.45, 7) is 0. The summed E-state index contributed by atoms with van der Waals surface area (Å²) in [5.41, 5.74) is 1.43. The van der Waals surface area contributed by atoms with Crippen molar-refractivity contribution >= 4 is 11.9 Å². The van der Waals surface area contributed by atoms with Gasteiger partial charge in [0.2, 0.25) is 0 Å². The number of carboxylic acids is 2. The predicted molar refractivity (Wildman–Crippen MR) is 77.6 cm³/mol. The fourth-order valence-electron chi connectivity index (χ4n) is 1.03. The first-order chi connectivity index (χ1) is 10.5. The number of hydrogen-bond acceptors (Lipinski definition) is 4. The Morgan fingerprint density at radius 2 is 0.955 bits per heavy atom. The van der Waals surface area contributed by atoms with E-state index in [1.807, 2.05) is 48.5 Å². The lowest BCUT2D eigenvalue weighted by atomic mass is 10.2. The highest BCUT2D eigenvalue weighted by molar-refractivity contribution is 6.27. The Labute approximate surface area is 127 Å². The van der Waals surface area contributed by atoms with E-state index in [1.165, 1.54) is 0 Å². The van der Waals surface area contributed by atoms with Gasteiger partial charge >= 0.3 is 11.9 Å². The Hall–Kier alpha value is -3.64. The molecule has 110 valence electrons. The van der Waals surface area contributed by atoms with Gasteiger partial charge in [-0.3, -0.25) is 0 Å². The van der Waals surface area contributed by atoms with E-state index in [-0.39, 0.29) is 0 Å². The smallest absolute Gasteiger partial charge is 0.414 e. The predicted octanol–water partition coefficient (Wildman–Crippen LogP) is 2.27. The molecule has 0 unspecified atom stereocenters. The second-order valence-corrected chi connectivity index (χ2v) is 3.57. The van der Waals surface area contributed by atoms with Crippen molar-refractivity contribution in [3.05, 3.63) is 71.8 Å². The SMILES string of the molecule is N#Cc1ccccc1.N#Cc1ccccc1.O=C(O)C(=O)O. The van der Waals surface area contributed by atoms with Crippen molar-refractivity contribution < 1.29 is 19.8 Å². The van der Waals surface area contributed by atoms with E-state index < -0.39 is 11.9 Å². The number of aliphatic carboxylic acids is 2. The lowest BCUT2D eigenvalue weighted by Gasteiger charge is -1.80. The summed E-state index contributed by atoms with van der Waals surface area (Å²) in [4.78, 5) is 18.2. The number of carboxylic acid groups (broad SMARTS) is 2. The zero-order valence-electron chi connectivity index (χ0n) is 11.4. The van der Waals surface area contributed by atoms with Gasteiger partial charge in [-0.25, -0.2) is 9.59 Å². The van der Waals surface area contributed by atoms with Crippen molar-refractivity contribution in [2.45, 2.75) is 0 Å². The zero-order chi connectivity index (χ0) is 16.8. The molecule has 0 fully saturated rings. The third-order valence-electron chi connectivity index (χ3n) is 1.99. The van der Waals surface area contributed by atoms with Crippen LogP contribution < -0.4 is 0 Å². The third-order valence-corrected chi connectivity index (χ3v) is 1.99. The molecule has 0 saturated carbocycles. The van der Waals surface area contributed by atoms with Gasteiger partial charge in [0.1, 0.15) is 0 Å². The summed E-state index contributed by atoms with van der Waals surface area (Å²) in [5, 5.41) is 31.4. The van der Waals surface area contributed by atoms with Gasteiger partial charge < -0.3 is 10.2 Å². The molecule has 0 saturated heterocycles. The molecule has 2 aromatic carbocycles. The van der Waals surface area contributed by atoms with Crippen molar-refractivity contribution in [3.63, 3.8) is 0 Å². The van der Waals surface area contributed by atoms with Crippen LogP contribution in [0.2, 0.25) is 0 Å². The van der Waals surface area contributed by atoms with Crippen LogP contribution in [-0.2, 0) is 9.59 Å². The van der Waals surface area contributed by atoms with Crippen molar-refractivity contribution in [2.75, 3.05) is 0 Å². The molecule has 6 heteroatoms. The number of carbonyl (C=O) groups is 2. The normalized spacial score (nSPS) is 7.73. The molecule has 0 heterocycles. The maximum atomic E-state index is 9.10. The molecule has 0 aliphatic heterocycles. The molecule has 22 heavy (non-hydrogen) atoms. The van der Waals surface area contributed by atoms with Crippen molar-refractivity contribution in [2.24, 2.45) is 0 Å². The average molecular weight is 296 g/mol. The molecule has 0 spiro atoms. The molecular weight excluding hydrogens is 284 g/mol. The first-order valence-corrected chi connectivity index (χ1v) is 5.87. The van der Waals surface area contributed by atoms with Crippen LogP contribution in [0.25, 0.3) is 0 Å². The summed E-state index contributed by atoms with van der Waals surface area (Å²) in [6.07, 6.45) is 0. The highest BCUT2D eigenvalue weighted by Crippen LogP contribution is 1.93. The second-order valence-electron chi connectivity index (χ2n) is 3.57. The van der Waals surface area contributed by atoms with Crippen LogP contribution in [0.4, 0.5) is 0 Å². The van der Waals surface area contributed by atoms with E-state index in [2.05, 4.69) is 0 Å². The topological polar surface area (TPSA) is 122 Å². The molecule has 0 amide bonds. The second kappa shape index (κ2) is 11.2. The maximum absolute atomic E-state index is 9.10. The van der Waals surface area contributed by atoms with E-state index in [0.717, 1.165) is 0 Å². The quantitative estimate of drug-likeness (QED) is 0.719. The lowest BCUT2D eigenvalue weighted by molar-refractivity contribution is -0.159. The summed E-state index contributed by atoms with van der Waals surface area (Å²) in [5.74, 6) is -3.65. The van der Waals surface area contributed by atoms with E-state index >= 15 is 0 Å². The molecule has 2 N–H and O–H groups in total. The molecule has 2 rings (SSSR count). The van der Waals surface area contributed by atoms with Crippen molar-refractivity contribution in [3.8, 4) is 12.1 Å². The van der Waals surface area contributed by atoms with Gasteiger partial charge in [-0.1, -0.05) is 36.4 Å². The highest BCUT2D eigenvalue weighted by atomic mass is 16.4. The Kier molecular flexibility index (Phi) is 9.35. The van der Waals surface area contributed by atoms with Gasteiger partial charge in [-0.2, -0.15) is 10.5 Å². The summed E-state index contributed by atoms with van der Waals surface area (Å²) in [6, 6.07) is 22.3. The first-order valence-electron chi connectivity index (χ1n) is 5.87. The zero-order valence-corrected chi connectivity index (χ0v) is 11.4. The van der Waals surface area contributed by atoms with Crippen LogP contribution in [0.3, 0.4) is 0 Å². The van der Waals surface area contributed by atoms with E-state index in [9.17, 15) is 0 Å². The molecule has 0 aliphatic rings. The number of nitriles is 2. The van der Waals surface area contributed by atoms with Crippen LogP contribution in [0.1, 0.15) is 11.1 Å². The van der Waals surface area contributed by atoms with Crippen LogP contribution in [0.5, 0.6) is 0 Å². The van der Waals surface area contributed by atoms with Crippen LogP contribution >= 0.6 is 0 Å². The van der Waals surface area contributed by atoms with Crippen LogP contribution in [0.15, 0.2) is 60.7 Å². The van der Waals surface area contributed by atoms with Crippen molar-refractivity contribution in [1.82, 2.24) is 0 Å². The third kappa shape index (κ3) is 9.31. The molecule has 0 aliphatic carbocycles. The largest absolute Gasteiger partial charge is 0.473 e. The Bertz CT molecular complexity index is 609. The van der Waals surface area contributed by atoms with Gasteiger partial charge in [0.15, 0.2) is 0 Å². The van der Waals surface area contributed by atoms with E-state index in [1.54, 1.807) is 24.3 Å². The monoisotopic (exact) mass is 296 g/mol. The Morgan fingerprint density at radius 3 is 1.09 bits per heavy atom. The molecule has 0 atom stereocenters. The van der Waals surface area contributed by atoms with Crippen molar-refractivity contribution in [1.29, 1.82) is 10.5 Å². The number of benzene rings is 2. The fraction of sp³-hybridized carbons (Fsp3) is 0. The molecule has 0 radical (unpaired) electrons. The number of hydrogen-bond donors (Lipinski definition) is 2. The summed E-state index contributed by atoms with van der Waals surface area (Å²) >= 11 is 0. The number of rotatable bonds is 0. The minimum absolute atomic E-state index is 0.715. The summed E-state index contributed by atoms with van der Waals surface area (Å²) in [7, 11) is 0. The maximum Gasteiger partial charge on any atom is 0.414 e. The van der Waals surface area contributed by atoms with Crippen LogP contribution in [-0.4, -0.2) is 22.2 Å². The minimum atomic E-state index is -1.82. The van der Waals surface area contributed by atoms with Crippen LogP contribution in [0, 0.1) is 22.7 Å². The fourth-order valence-corrected chi connectivity index (χ4v) is 1.03. The molecule has 6 nitrogen and oxygen atoms in total. The van der Waals surface area contributed by atoms with Gasteiger partial charge in [0, 0.05) is 0 Å². The minimum Gasteiger partial charge on any atom is -0.473 e. The molecule has 2 aromatic rings. The molecule has 0 aromatic heterocycles. The Morgan fingerprint density at radius 1 is 0.682 bits per heavy atom. The van der Waals surface area contributed by atoms with Gasteiger partial charge in [0.25, 0.3) is 0 Å². The van der Waals surface area contributed by atoms with Gasteiger partial charge in [-0.05, 0) is 24.3 Å². The van der Waals surface area contributed by atoms with Gasteiger partial charge in [0.05, 0.1) is 23.3 Å². The summed E-state index contributed by atoms with van der Waals surface area (Å²) < 4.78 is 0. The molecule has 0 bridgehead atoms. The highest BCUT2D eigenvalue weighted by Gasteiger charge is 2.04. The lowest BCUT2D eigenvalue weighted by Crippen LogP contribution is -2.09. The molecular formula is C16H12N2O4. The van der Waals surface area contributed by atoms with E-state index in [0.29, 0.717) is 11.1 Å². The standard InChI is InChI=1S/2C7H5N.C2H2O4/c2*8-6-7-4-2-1-3-5-7;3-1(4)2(5)6/h2*1-5H;(H,3,4)(H,5,6).